The summed E-state index contributed by atoms with van der Waals surface area (Å²) in [5, 5.41) is 3.37. The Morgan fingerprint density at radius 2 is 1.89 bits per heavy atom. The van der Waals surface area contributed by atoms with Crippen LogP contribution in [0.25, 0.3) is 0 Å². The molecule has 0 saturated carbocycles. The molecular weight excluding hydrogens is 242 g/mol. The summed E-state index contributed by atoms with van der Waals surface area (Å²) in [5.74, 6) is 1.66. The van der Waals surface area contributed by atoms with Crippen molar-refractivity contribution in [3.8, 4) is 11.5 Å². The highest BCUT2D eigenvalue weighted by molar-refractivity contribution is 5.48. The van der Waals surface area contributed by atoms with Crippen molar-refractivity contribution >= 4 is 0 Å². The Hall–Kier alpha value is -1.26. The van der Waals surface area contributed by atoms with Crippen molar-refractivity contribution in [1.29, 1.82) is 0 Å². The van der Waals surface area contributed by atoms with Crippen molar-refractivity contribution in [3.05, 3.63) is 23.8 Å². The molecule has 4 nitrogen and oxygen atoms in total. The maximum Gasteiger partial charge on any atom is 0.127 e. The molecule has 1 heterocycles. The van der Waals surface area contributed by atoms with Gasteiger partial charge in [-0.3, -0.25) is 0 Å². The Morgan fingerprint density at radius 3 is 2.32 bits per heavy atom. The zero-order valence-electron chi connectivity index (χ0n) is 12.2. The molecule has 2 unspecified atom stereocenters. The van der Waals surface area contributed by atoms with E-state index in [0.29, 0.717) is 0 Å². The third-order valence-electron chi connectivity index (χ3n) is 3.90. The Bertz CT molecular complexity index is 405. The highest BCUT2D eigenvalue weighted by Gasteiger charge is 2.41. The summed E-state index contributed by atoms with van der Waals surface area (Å²) >= 11 is 0. The number of hydrogen-bond acceptors (Lipinski definition) is 4. The van der Waals surface area contributed by atoms with Gasteiger partial charge in [0.1, 0.15) is 11.5 Å². The second kappa shape index (κ2) is 5.80. The summed E-state index contributed by atoms with van der Waals surface area (Å²) < 4.78 is 17.0. The van der Waals surface area contributed by atoms with Crippen LogP contribution in [0.1, 0.15) is 31.4 Å². The summed E-state index contributed by atoms with van der Waals surface area (Å²) in [7, 11) is 5.31. The summed E-state index contributed by atoms with van der Waals surface area (Å²) in [6.45, 7) is 2.96. The highest BCUT2D eigenvalue weighted by atomic mass is 16.5. The molecule has 1 aliphatic heterocycles. The van der Waals surface area contributed by atoms with Gasteiger partial charge in [0.05, 0.1) is 31.4 Å². The lowest BCUT2D eigenvalue weighted by Gasteiger charge is -2.35. The van der Waals surface area contributed by atoms with Crippen LogP contribution >= 0.6 is 0 Å². The average molecular weight is 265 g/mol. The number of methoxy groups -OCH3 is 2. The second-order valence-corrected chi connectivity index (χ2v) is 5.06. The minimum absolute atomic E-state index is 0.0427. The van der Waals surface area contributed by atoms with Crippen LogP contribution in [0.3, 0.4) is 0 Å². The van der Waals surface area contributed by atoms with E-state index in [9.17, 15) is 0 Å². The molecule has 2 rings (SSSR count). The summed E-state index contributed by atoms with van der Waals surface area (Å²) in [6.07, 6.45) is 2.12. The fourth-order valence-electron chi connectivity index (χ4n) is 2.95. The molecule has 1 aliphatic rings. The van der Waals surface area contributed by atoms with Crippen LogP contribution in [-0.4, -0.2) is 33.5 Å². The zero-order chi connectivity index (χ0) is 13.9. The maximum atomic E-state index is 5.97. The third-order valence-corrected chi connectivity index (χ3v) is 3.90. The lowest BCUT2D eigenvalue weighted by molar-refractivity contribution is -0.0116. The Morgan fingerprint density at radius 1 is 1.26 bits per heavy atom. The SMILES string of the molecule is CNC(c1c(OC)cccc1OC)C1(C)CCCO1. The Balaban J connectivity index is 2.47. The number of hydrogen-bond donors (Lipinski definition) is 1. The number of ether oxygens (including phenoxy) is 3. The van der Waals surface area contributed by atoms with Gasteiger partial charge in [0, 0.05) is 6.61 Å². The molecule has 1 saturated heterocycles. The van der Waals surface area contributed by atoms with Gasteiger partial charge in [0.15, 0.2) is 0 Å². The number of rotatable bonds is 5. The van der Waals surface area contributed by atoms with Crippen LogP contribution in [0.15, 0.2) is 18.2 Å². The highest BCUT2D eigenvalue weighted by Crippen LogP contribution is 2.44. The molecule has 0 radical (unpaired) electrons. The molecule has 1 aromatic rings. The lowest BCUT2D eigenvalue weighted by Crippen LogP contribution is -2.40. The van der Waals surface area contributed by atoms with Crippen molar-refractivity contribution in [2.75, 3.05) is 27.9 Å². The number of nitrogens with one attached hydrogen (secondary N) is 1. The van der Waals surface area contributed by atoms with Crippen LogP contribution in [0.5, 0.6) is 11.5 Å². The Kier molecular flexibility index (Phi) is 4.32. The maximum absolute atomic E-state index is 5.97. The largest absolute Gasteiger partial charge is 0.496 e. The standard InChI is InChI=1S/C15H23NO3/c1-15(9-6-10-19-15)14(16-2)13-11(17-3)7-5-8-12(13)18-4/h5,7-8,14,16H,6,9-10H2,1-4H3. The topological polar surface area (TPSA) is 39.7 Å². The van der Waals surface area contributed by atoms with E-state index in [4.69, 9.17) is 14.2 Å². The normalized spacial score (nSPS) is 24.2. The van der Waals surface area contributed by atoms with Gasteiger partial charge in [-0.05, 0) is 38.9 Å². The van der Waals surface area contributed by atoms with Crippen LogP contribution in [0.2, 0.25) is 0 Å². The molecule has 0 amide bonds. The van der Waals surface area contributed by atoms with Crippen molar-refractivity contribution in [2.45, 2.75) is 31.4 Å². The molecule has 2 atom stereocenters. The van der Waals surface area contributed by atoms with E-state index in [1.807, 2.05) is 25.2 Å². The Labute approximate surface area is 115 Å². The fourth-order valence-corrected chi connectivity index (χ4v) is 2.95. The van der Waals surface area contributed by atoms with Crippen LogP contribution in [0, 0.1) is 0 Å². The van der Waals surface area contributed by atoms with E-state index in [2.05, 4.69) is 12.2 Å². The first kappa shape index (κ1) is 14.2. The van der Waals surface area contributed by atoms with Crippen LogP contribution in [0.4, 0.5) is 0 Å². The molecule has 0 aromatic heterocycles. The minimum atomic E-state index is -0.226. The van der Waals surface area contributed by atoms with Crippen LogP contribution in [-0.2, 0) is 4.74 Å². The van der Waals surface area contributed by atoms with Crippen molar-refractivity contribution in [2.24, 2.45) is 0 Å². The van der Waals surface area contributed by atoms with Gasteiger partial charge >= 0.3 is 0 Å². The fraction of sp³-hybridized carbons (Fsp3) is 0.600. The molecule has 1 aromatic carbocycles. The van der Waals surface area contributed by atoms with E-state index >= 15 is 0 Å². The van der Waals surface area contributed by atoms with Gasteiger partial charge in [-0.15, -0.1) is 0 Å². The first-order valence-corrected chi connectivity index (χ1v) is 6.68. The zero-order valence-corrected chi connectivity index (χ0v) is 12.2. The van der Waals surface area contributed by atoms with Gasteiger partial charge in [0.25, 0.3) is 0 Å². The quantitative estimate of drug-likeness (QED) is 0.888. The molecule has 19 heavy (non-hydrogen) atoms. The monoisotopic (exact) mass is 265 g/mol. The molecule has 0 aliphatic carbocycles. The van der Waals surface area contributed by atoms with Crippen LogP contribution < -0.4 is 14.8 Å². The number of benzene rings is 1. The first-order chi connectivity index (χ1) is 9.16. The van der Waals surface area contributed by atoms with E-state index < -0.39 is 0 Å². The first-order valence-electron chi connectivity index (χ1n) is 6.68. The number of likely N-dealkylation sites (N-methyl/N-ethyl adjacent to an activating group) is 1. The van der Waals surface area contributed by atoms with Crippen molar-refractivity contribution in [1.82, 2.24) is 5.32 Å². The van der Waals surface area contributed by atoms with Gasteiger partial charge in [-0.2, -0.15) is 0 Å². The van der Waals surface area contributed by atoms with E-state index in [0.717, 1.165) is 36.5 Å². The van der Waals surface area contributed by atoms with E-state index in [1.165, 1.54) is 0 Å². The molecular formula is C15H23NO3. The minimum Gasteiger partial charge on any atom is -0.496 e. The molecule has 1 fully saturated rings. The third kappa shape index (κ3) is 2.55. The summed E-state index contributed by atoms with van der Waals surface area (Å²) in [4.78, 5) is 0. The average Bonchev–Trinajstić information content (AvgIpc) is 2.87. The molecule has 4 heteroatoms. The molecule has 0 bridgehead atoms. The molecule has 1 N–H and O–H groups in total. The lowest BCUT2D eigenvalue weighted by atomic mass is 9.86. The molecule has 106 valence electrons. The van der Waals surface area contributed by atoms with Gasteiger partial charge < -0.3 is 19.5 Å². The predicted molar refractivity (Wildman–Crippen MR) is 74.9 cm³/mol. The smallest absolute Gasteiger partial charge is 0.127 e. The van der Waals surface area contributed by atoms with Crippen molar-refractivity contribution in [3.63, 3.8) is 0 Å². The van der Waals surface area contributed by atoms with E-state index in [-0.39, 0.29) is 11.6 Å². The molecule has 0 spiro atoms. The van der Waals surface area contributed by atoms with Gasteiger partial charge in [0.2, 0.25) is 0 Å². The second-order valence-electron chi connectivity index (χ2n) is 5.06. The van der Waals surface area contributed by atoms with Gasteiger partial charge in [-0.25, -0.2) is 0 Å². The summed E-state index contributed by atoms with van der Waals surface area (Å²) in [6, 6.07) is 5.90. The predicted octanol–water partition coefficient (Wildman–Crippen LogP) is 2.53. The van der Waals surface area contributed by atoms with E-state index in [1.54, 1.807) is 14.2 Å². The van der Waals surface area contributed by atoms with Crippen molar-refractivity contribution < 1.29 is 14.2 Å². The van der Waals surface area contributed by atoms with Gasteiger partial charge in [-0.1, -0.05) is 6.07 Å². The summed E-state index contributed by atoms with van der Waals surface area (Å²) in [5.41, 5.74) is 0.802.